The molecule has 2 N–H and O–H groups in total. The number of aliphatic hydroxyl groups excluding tert-OH is 1. The first-order chi connectivity index (χ1) is 14.7. The van der Waals surface area contributed by atoms with Crippen LogP contribution >= 0.6 is 0 Å². The Hall–Kier alpha value is -1.00. The molecule has 172 valence electrons. The van der Waals surface area contributed by atoms with Gasteiger partial charge in [-0.25, -0.2) is 0 Å². The number of aryl methyl sites for hydroxylation is 1. The molecule has 1 aromatic rings. The number of rotatable bonds is 4. The second kappa shape index (κ2) is 7.80. The van der Waals surface area contributed by atoms with E-state index in [0.29, 0.717) is 17.3 Å². The minimum atomic E-state index is -0.649. The fourth-order valence-electron chi connectivity index (χ4n) is 9.27. The van der Waals surface area contributed by atoms with Crippen molar-refractivity contribution in [1.29, 1.82) is 0 Å². The molecule has 4 aliphatic rings. The summed E-state index contributed by atoms with van der Waals surface area (Å²) in [6.45, 7) is 7.17. The van der Waals surface area contributed by atoms with Crippen molar-refractivity contribution in [1.82, 2.24) is 9.97 Å². The summed E-state index contributed by atoms with van der Waals surface area (Å²) in [6.07, 6.45) is 17.7. The summed E-state index contributed by atoms with van der Waals surface area (Å²) in [5, 5.41) is 21.9. The van der Waals surface area contributed by atoms with Gasteiger partial charge in [-0.15, -0.1) is 0 Å². The van der Waals surface area contributed by atoms with Gasteiger partial charge >= 0.3 is 0 Å². The highest BCUT2D eigenvalue weighted by atomic mass is 16.3. The Morgan fingerprint density at radius 3 is 2.55 bits per heavy atom. The van der Waals surface area contributed by atoms with Crippen LogP contribution in [0.4, 0.5) is 0 Å². The first kappa shape index (κ1) is 21.8. The topological polar surface area (TPSA) is 66.2 Å². The number of aliphatic hydroxyl groups is 2. The maximum absolute atomic E-state index is 11.7. The highest BCUT2D eigenvalue weighted by molar-refractivity contribution is 5.12. The average molecular weight is 427 g/mol. The van der Waals surface area contributed by atoms with E-state index in [1.165, 1.54) is 38.5 Å². The van der Waals surface area contributed by atoms with Crippen molar-refractivity contribution in [2.75, 3.05) is 0 Å². The van der Waals surface area contributed by atoms with Crippen LogP contribution in [0.1, 0.15) is 90.7 Å². The summed E-state index contributed by atoms with van der Waals surface area (Å²) in [7, 11) is 0. The molecule has 1 aromatic heterocycles. The molecular weight excluding hydrogens is 384 g/mol. The summed E-state index contributed by atoms with van der Waals surface area (Å²) in [6, 6.07) is 0. The van der Waals surface area contributed by atoms with Crippen molar-refractivity contribution in [2.24, 2.45) is 40.4 Å². The van der Waals surface area contributed by atoms with E-state index < -0.39 is 5.60 Å². The van der Waals surface area contributed by atoms with E-state index in [0.717, 1.165) is 55.6 Å². The second-order valence-electron chi connectivity index (χ2n) is 12.3. The zero-order valence-corrected chi connectivity index (χ0v) is 19.8. The molecule has 0 bridgehead atoms. The molecule has 4 aliphatic carbocycles. The Morgan fingerprint density at radius 1 is 1.00 bits per heavy atom. The Morgan fingerprint density at radius 2 is 1.77 bits per heavy atom. The van der Waals surface area contributed by atoms with Gasteiger partial charge in [0.05, 0.1) is 17.4 Å². The van der Waals surface area contributed by atoms with E-state index in [1.807, 2.05) is 6.20 Å². The first-order valence-electron chi connectivity index (χ1n) is 12.9. The lowest BCUT2D eigenvalue weighted by Crippen LogP contribution is -2.55. The van der Waals surface area contributed by atoms with Crippen molar-refractivity contribution in [3.8, 4) is 0 Å². The van der Waals surface area contributed by atoms with E-state index in [1.54, 1.807) is 12.4 Å². The Balaban J connectivity index is 1.33. The summed E-state index contributed by atoms with van der Waals surface area (Å²) < 4.78 is 0. The Kier molecular flexibility index (Phi) is 5.49. The molecule has 5 rings (SSSR count). The first-order valence-corrected chi connectivity index (χ1v) is 12.9. The Bertz CT molecular complexity index is 783. The minimum absolute atomic E-state index is 0.0660. The molecule has 9 atom stereocenters. The van der Waals surface area contributed by atoms with E-state index in [2.05, 4.69) is 30.7 Å². The largest absolute Gasteiger partial charge is 0.393 e. The zero-order valence-electron chi connectivity index (χ0n) is 19.8. The van der Waals surface area contributed by atoms with E-state index in [9.17, 15) is 10.2 Å². The molecule has 4 heteroatoms. The number of nitrogens with zero attached hydrogens (tertiary/aromatic N) is 2. The van der Waals surface area contributed by atoms with Gasteiger partial charge in [0.1, 0.15) is 0 Å². The van der Waals surface area contributed by atoms with Crippen LogP contribution in [0.15, 0.2) is 18.6 Å². The summed E-state index contributed by atoms with van der Waals surface area (Å²) in [5.74, 6) is 3.48. The number of aromatic nitrogens is 2. The summed E-state index contributed by atoms with van der Waals surface area (Å²) in [4.78, 5) is 8.61. The molecule has 0 aromatic carbocycles. The van der Waals surface area contributed by atoms with Gasteiger partial charge in [0, 0.05) is 18.6 Å². The smallest absolute Gasteiger partial charge is 0.0656 e. The summed E-state index contributed by atoms with van der Waals surface area (Å²) in [5.41, 5.74) is 1.02. The van der Waals surface area contributed by atoms with Crippen molar-refractivity contribution in [2.45, 2.75) is 103 Å². The van der Waals surface area contributed by atoms with Crippen molar-refractivity contribution in [3.63, 3.8) is 0 Å². The van der Waals surface area contributed by atoms with Crippen LogP contribution in [-0.2, 0) is 6.42 Å². The molecule has 0 saturated heterocycles. The number of hydrogen-bond donors (Lipinski definition) is 2. The SMILES string of the molecule is C[C@]12CC[C@H]3[C@@H](CCC4C[C@@H](O)CC[C@@]43C)[C@@H]1CC[C@@H]2[C@](C)(O)CCc1cnccn1. The van der Waals surface area contributed by atoms with Gasteiger partial charge in [0.2, 0.25) is 0 Å². The van der Waals surface area contributed by atoms with Crippen molar-refractivity contribution in [3.05, 3.63) is 24.3 Å². The van der Waals surface area contributed by atoms with Crippen LogP contribution < -0.4 is 0 Å². The molecule has 0 aliphatic heterocycles. The van der Waals surface area contributed by atoms with Crippen LogP contribution in [0.5, 0.6) is 0 Å². The highest BCUT2D eigenvalue weighted by Gasteiger charge is 2.62. The van der Waals surface area contributed by atoms with Gasteiger partial charge in [0.25, 0.3) is 0 Å². The normalized spacial score (nSPS) is 46.5. The fraction of sp³-hybridized carbons (Fsp3) is 0.852. The minimum Gasteiger partial charge on any atom is -0.393 e. The molecular formula is C27H42N2O2. The molecule has 31 heavy (non-hydrogen) atoms. The lowest BCUT2D eigenvalue weighted by Gasteiger charge is -2.61. The zero-order chi connectivity index (χ0) is 21.9. The van der Waals surface area contributed by atoms with Gasteiger partial charge in [-0.2, -0.15) is 0 Å². The molecule has 0 radical (unpaired) electrons. The summed E-state index contributed by atoms with van der Waals surface area (Å²) >= 11 is 0. The van der Waals surface area contributed by atoms with E-state index >= 15 is 0 Å². The van der Waals surface area contributed by atoms with Crippen molar-refractivity contribution < 1.29 is 10.2 Å². The van der Waals surface area contributed by atoms with Crippen LogP contribution in [0.2, 0.25) is 0 Å². The monoisotopic (exact) mass is 426 g/mol. The third-order valence-electron chi connectivity index (χ3n) is 10.9. The average Bonchev–Trinajstić information content (AvgIpc) is 3.12. The number of hydrogen-bond acceptors (Lipinski definition) is 4. The third kappa shape index (κ3) is 3.57. The van der Waals surface area contributed by atoms with Crippen LogP contribution in [0.3, 0.4) is 0 Å². The van der Waals surface area contributed by atoms with Gasteiger partial charge < -0.3 is 10.2 Å². The standard InChI is InChI=1S/C27H42N2O2/c1-25-11-9-20(30)16-18(25)4-5-21-22-6-7-24(26(22,2)12-10-23(21)25)27(3,31)13-8-19-17-28-14-15-29-19/h14-15,17-18,20-24,30-31H,4-13,16H2,1-3H3/t18?,20-,21-,22-,23-,24-,25-,26-,27+/m0/s1. The predicted octanol–water partition coefficient (Wildman–Crippen LogP) is 5.18. The lowest BCUT2D eigenvalue weighted by molar-refractivity contribution is -0.144. The maximum Gasteiger partial charge on any atom is 0.0656 e. The van der Waals surface area contributed by atoms with E-state index in [-0.39, 0.29) is 11.5 Å². The van der Waals surface area contributed by atoms with Crippen LogP contribution in [0, 0.1) is 40.4 Å². The third-order valence-corrected chi connectivity index (χ3v) is 10.9. The molecule has 1 heterocycles. The maximum atomic E-state index is 11.7. The molecule has 1 unspecified atom stereocenters. The Labute approximate surface area is 188 Å². The van der Waals surface area contributed by atoms with Gasteiger partial charge in [-0.1, -0.05) is 13.8 Å². The lowest BCUT2D eigenvalue weighted by atomic mass is 9.44. The van der Waals surface area contributed by atoms with Crippen molar-refractivity contribution >= 4 is 0 Å². The van der Waals surface area contributed by atoms with Gasteiger partial charge in [-0.3, -0.25) is 9.97 Å². The van der Waals surface area contributed by atoms with Crippen LogP contribution in [-0.4, -0.2) is 31.9 Å². The van der Waals surface area contributed by atoms with Gasteiger partial charge in [0.15, 0.2) is 0 Å². The molecule has 4 fully saturated rings. The number of fused-ring (bicyclic) bond motifs is 5. The molecule has 0 amide bonds. The quantitative estimate of drug-likeness (QED) is 0.696. The highest BCUT2D eigenvalue weighted by Crippen LogP contribution is 2.68. The fourth-order valence-corrected chi connectivity index (χ4v) is 9.27. The second-order valence-corrected chi connectivity index (χ2v) is 12.3. The van der Waals surface area contributed by atoms with Crippen LogP contribution in [0.25, 0.3) is 0 Å². The molecule has 4 nitrogen and oxygen atoms in total. The molecule has 4 saturated carbocycles. The van der Waals surface area contributed by atoms with E-state index in [4.69, 9.17) is 0 Å². The molecule has 0 spiro atoms. The van der Waals surface area contributed by atoms with Gasteiger partial charge in [-0.05, 0) is 118 Å². The predicted molar refractivity (Wildman–Crippen MR) is 122 cm³/mol.